The van der Waals surface area contributed by atoms with Crippen LogP contribution in [0.5, 0.6) is 0 Å². The van der Waals surface area contributed by atoms with Crippen molar-refractivity contribution in [3.63, 3.8) is 0 Å². The van der Waals surface area contributed by atoms with Gasteiger partial charge in [0.05, 0.1) is 17.2 Å². The van der Waals surface area contributed by atoms with Crippen LogP contribution in [0.25, 0.3) is 0 Å². The van der Waals surface area contributed by atoms with E-state index in [0.717, 1.165) is 12.2 Å². The summed E-state index contributed by atoms with van der Waals surface area (Å²) >= 11 is 1.60. The van der Waals surface area contributed by atoms with Crippen molar-refractivity contribution >= 4 is 11.3 Å². The molecule has 0 saturated heterocycles. The first-order valence-electron chi connectivity index (χ1n) is 3.93. The molecule has 0 saturated carbocycles. The minimum absolute atomic E-state index is 0.228. The van der Waals surface area contributed by atoms with E-state index in [1.54, 1.807) is 11.3 Å². The third-order valence-electron chi connectivity index (χ3n) is 1.58. The lowest BCUT2D eigenvalue weighted by Gasteiger charge is -2.11. The van der Waals surface area contributed by atoms with E-state index in [-0.39, 0.29) is 6.04 Å². The van der Waals surface area contributed by atoms with Crippen molar-refractivity contribution in [2.45, 2.75) is 19.4 Å². The van der Waals surface area contributed by atoms with Gasteiger partial charge in [0.15, 0.2) is 0 Å². The molecule has 0 aromatic carbocycles. The molecule has 0 fully saturated rings. The zero-order chi connectivity index (χ0) is 8.81. The quantitative estimate of drug-likeness (QED) is 0.715. The van der Waals surface area contributed by atoms with E-state index in [1.165, 1.54) is 0 Å². The van der Waals surface area contributed by atoms with Crippen molar-refractivity contribution < 1.29 is 0 Å². The number of hydrogen-bond donors (Lipinski definition) is 1. The van der Waals surface area contributed by atoms with Crippen LogP contribution in [0.3, 0.4) is 0 Å². The Balaban J connectivity index is 2.61. The Morgan fingerprint density at radius 2 is 2.67 bits per heavy atom. The molecule has 0 amide bonds. The van der Waals surface area contributed by atoms with Crippen LogP contribution in [-0.4, -0.2) is 11.5 Å². The molecular formula is C9H12N2S. The van der Waals surface area contributed by atoms with Crippen LogP contribution in [0.2, 0.25) is 0 Å². The second-order valence-electron chi connectivity index (χ2n) is 2.43. The van der Waals surface area contributed by atoms with Crippen molar-refractivity contribution in [1.82, 2.24) is 10.3 Å². The zero-order valence-corrected chi connectivity index (χ0v) is 7.90. The maximum atomic E-state index is 5.25. The predicted octanol–water partition coefficient (Wildman–Crippen LogP) is 1.82. The van der Waals surface area contributed by atoms with Crippen LogP contribution in [-0.2, 0) is 0 Å². The molecule has 64 valence electrons. The summed E-state index contributed by atoms with van der Waals surface area (Å²) in [5.74, 6) is 2.64. The number of nitrogens with one attached hydrogen (secondary N) is 1. The molecule has 3 heteroatoms. The van der Waals surface area contributed by atoms with Crippen LogP contribution < -0.4 is 5.32 Å². The minimum Gasteiger partial charge on any atom is -0.308 e. The van der Waals surface area contributed by atoms with Crippen LogP contribution in [0.1, 0.15) is 25.1 Å². The molecule has 0 aliphatic heterocycles. The third-order valence-corrected chi connectivity index (χ3v) is 2.19. The van der Waals surface area contributed by atoms with E-state index in [9.17, 15) is 0 Å². The monoisotopic (exact) mass is 180 g/mol. The number of rotatable bonds is 4. The van der Waals surface area contributed by atoms with E-state index in [1.807, 2.05) is 10.9 Å². The molecule has 0 aliphatic carbocycles. The first kappa shape index (κ1) is 9.24. The number of nitrogens with zero attached hydrogens (tertiary/aromatic N) is 1. The summed E-state index contributed by atoms with van der Waals surface area (Å²) in [5, 5.41) is 5.32. The van der Waals surface area contributed by atoms with Gasteiger partial charge in [-0.15, -0.1) is 23.7 Å². The summed E-state index contributed by atoms with van der Waals surface area (Å²) in [7, 11) is 0. The lowest BCUT2D eigenvalue weighted by molar-refractivity contribution is 0.554. The Labute approximate surface area is 77.0 Å². The Hall–Kier alpha value is -0.850. The van der Waals surface area contributed by atoms with Gasteiger partial charge in [-0.1, -0.05) is 6.92 Å². The van der Waals surface area contributed by atoms with Gasteiger partial charge in [-0.05, 0) is 6.54 Å². The highest BCUT2D eigenvalue weighted by Crippen LogP contribution is 2.15. The van der Waals surface area contributed by atoms with Crippen LogP contribution >= 0.6 is 11.3 Å². The largest absolute Gasteiger partial charge is 0.308 e. The maximum absolute atomic E-state index is 5.25. The fourth-order valence-electron chi connectivity index (χ4n) is 1.04. The number of thiazole rings is 1. The number of hydrogen-bond acceptors (Lipinski definition) is 3. The lowest BCUT2D eigenvalue weighted by atomic mass is 10.1. The highest BCUT2D eigenvalue weighted by atomic mass is 32.1. The molecule has 0 bridgehead atoms. The van der Waals surface area contributed by atoms with Gasteiger partial charge in [0.2, 0.25) is 0 Å². The van der Waals surface area contributed by atoms with Crippen LogP contribution in [0.4, 0.5) is 0 Å². The van der Waals surface area contributed by atoms with Gasteiger partial charge >= 0.3 is 0 Å². The topological polar surface area (TPSA) is 24.9 Å². The summed E-state index contributed by atoms with van der Waals surface area (Å²) in [5.41, 5.74) is 2.88. The molecule has 12 heavy (non-hydrogen) atoms. The highest BCUT2D eigenvalue weighted by Gasteiger charge is 2.09. The molecule has 0 spiro atoms. The van der Waals surface area contributed by atoms with E-state index in [4.69, 9.17) is 6.42 Å². The average molecular weight is 180 g/mol. The fourth-order valence-corrected chi connectivity index (χ4v) is 1.65. The fraction of sp³-hybridized carbons (Fsp3) is 0.444. The smallest absolute Gasteiger partial charge is 0.0795 e. The highest BCUT2D eigenvalue weighted by molar-refractivity contribution is 7.07. The number of aromatic nitrogens is 1. The lowest BCUT2D eigenvalue weighted by Crippen LogP contribution is -2.20. The van der Waals surface area contributed by atoms with Gasteiger partial charge in [-0.2, -0.15) is 0 Å². The van der Waals surface area contributed by atoms with E-state index >= 15 is 0 Å². The molecule has 0 radical (unpaired) electrons. The standard InChI is InChI=1S/C9H12N2S/c1-3-5-8(10-4-2)9-6-12-7-11-9/h1,6-8,10H,4-5H2,2H3. The summed E-state index contributed by atoms with van der Waals surface area (Å²) in [6.45, 7) is 2.99. The second-order valence-corrected chi connectivity index (χ2v) is 3.15. The molecule has 1 rings (SSSR count). The van der Waals surface area contributed by atoms with Gasteiger partial charge in [0.25, 0.3) is 0 Å². The maximum Gasteiger partial charge on any atom is 0.0795 e. The van der Waals surface area contributed by atoms with Gasteiger partial charge in [0.1, 0.15) is 0 Å². The summed E-state index contributed by atoms with van der Waals surface area (Å²) < 4.78 is 0. The molecule has 0 aliphatic rings. The van der Waals surface area contributed by atoms with Crippen molar-refractivity contribution in [3.8, 4) is 12.3 Å². The Morgan fingerprint density at radius 3 is 3.17 bits per heavy atom. The van der Waals surface area contributed by atoms with E-state index in [0.29, 0.717) is 6.42 Å². The molecule has 1 atom stereocenters. The zero-order valence-electron chi connectivity index (χ0n) is 7.08. The van der Waals surface area contributed by atoms with Gasteiger partial charge in [-0.3, -0.25) is 0 Å². The molecule has 1 N–H and O–H groups in total. The Bertz CT molecular complexity index is 248. The van der Waals surface area contributed by atoms with Gasteiger partial charge < -0.3 is 5.32 Å². The van der Waals surface area contributed by atoms with Crippen molar-refractivity contribution in [3.05, 3.63) is 16.6 Å². The first-order valence-corrected chi connectivity index (χ1v) is 4.87. The van der Waals surface area contributed by atoms with Gasteiger partial charge in [0, 0.05) is 11.8 Å². The van der Waals surface area contributed by atoms with Crippen molar-refractivity contribution in [1.29, 1.82) is 0 Å². The molecule has 1 unspecified atom stereocenters. The molecule has 1 heterocycles. The summed E-state index contributed by atoms with van der Waals surface area (Å²) in [6, 6.07) is 0.228. The average Bonchev–Trinajstić information content (AvgIpc) is 2.56. The van der Waals surface area contributed by atoms with Gasteiger partial charge in [-0.25, -0.2) is 4.98 Å². The normalized spacial score (nSPS) is 12.3. The summed E-state index contributed by atoms with van der Waals surface area (Å²) in [6.07, 6.45) is 5.96. The molecule has 1 aromatic heterocycles. The van der Waals surface area contributed by atoms with Crippen molar-refractivity contribution in [2.24, 2.45) is 0 Å². The predicted molar refractivity (Wildman–Crippen MR) is 52.0 cm³/mol. The number of terminal acetylenes is 1. The molecule has 1 aromatic rings. The minimum atomic E-state index is 0.228. The summed E-state index contributed by atoms with van der Waals surface area (Å²) in [4.78, 5) is 4.21. The van der Waals surface area contributed by atoms with E-state index < -0.39 is 0 Å². The van der Waals surface area contributed by atoms with Crippen LogP contribution in [0, 0.1) is 12.3 Å². The van der Waals surface area contributed by atoms with E-state index in [2.05, 4.69) is 23.1 Å². The third kappa shape index (κ3) is 2.33. The first-order chi connectivity index (χ1) is 5.88. The van der Waals surface area contributed by atoms with Crippen LogP contribution in [0.15, 0.2) is 10.9 Å². The SMILES string of the molecule is C#CCC(NCC)c1cscn1. The Morgan fingerprint density at radius 1 is 1.83 bits per heavy atom. The molecular weight excluding hydrogens is 168 g/mol. The second kappa shape index (κ2) is 4.91. The molecule has 2 nitrogen and oxygen atoms in total. The van der Waals surface area contributed by atoms with Crippen molar-refractivity contribution in [2.75, 3.05) is 6.54 Å². The Kier molecular flexibility index (Phi) is 3.78.